The number of hydrogen-bond donors (Lipinski definition) is 3. The van der Waals surface area contributed by atoms with E-state index in [1.54, 1.807) is 0 Å². The van der Waals surface area contributed by atoms with Crippen LogP contribution >= 0.6 is 0 Å². The third-order valence-electron chi connectivity index (χ3n) is 2.64. The number of nitrogens with one attached hydrogen (secondary N) is 1. The highest BCUT2D eigenvalue weighted by Gasteiger charge is 2.07. The molecule has 2 aromatic rings. The topological polar surface area (TPSA) is 71.3 Å². The molecule has 0 saturated heterocycles. The van der Waals surface area contributed by atoms with E-state index in [1.807, 2.05) is 25.1 Å². The molecule has 4 N–H and O–H groups in total. The first-order valence-electron chi connectivity index (χ1n) is 5.31. The Kier molecular flexibility index (Phi) is 3.12. The molecule has 0 saturated carbocycles. The first-order valence-corrected chi connectivity index (χ1v) is 5.31. The number of aliphatic hydroxyl groups is 1. The summed E-state index contributed by atoms with van der Waals surface area (Å²) in [7, 11) is 0. The summed E-state index contributed by atoms with van der Waals surface area (Å²) in [5.74, 6) is 0.795. The van der Waals surface area contributed by atoms with E-state index in [0.29, 0.717) is 13.2 Å². The van der Waals surface area contributed by atoms with Gasteiger partial charge in [-0.15, -0.1) is 0 Å². The van der Waals surface area contributed by atoms with E-state index in [1.165, 1.54) is 0 Å². The van der Waals surface area contributed by atoms with Crippen LogP contribution in [0.15, 0.2) is 18.2 Å². The van der Waals surface area contributed by atoms with Gasteiger partial charge in [-0.1, -0.05) is 0 Å². The number of ether oxygens (including phenoxy) is 1. The fraction of sp³-hybridized carbons (Fsp3) is 0.333. The summed E-state index contributed by atoms with van der Waals surface area (Å²) in [6.07, 6.45) is 0. The number of aryl methyl sites for hydroxylation is 1. The fourth-order valence-electron chi connectivity index (χ4n) is 1.84. The maximum atomic E-state index is 9.25. The second kappa shape index (κ2) is 4.55. The van der Waals surface area contributed by atoms with Gasteiger partial charge in [-0.3, -0.25) is 0 Å². The van der Waals surface area contributed by atoms with Crippen molar-refractivity contribution in [2.75, 3.05) is 13.2 Å². The van der Waals surface area contributed by atoms with Crippen molar-refractivity contribution in [2.24, 2.45) is 5.73 Å². The van der Waals surface area contributed by atoms with E-state index < -0.39 is 0 Å². The maximum absolute atomic E-state index is 9.25. The van der Waals surface area contributed by atoms with Crippen molar-refractivity contribution in [2.45, 2.75) is 13.5 Å². The van der Waals surface area contributed by atoms with Gasteiger partial charge in [-0.05, 0) is 19.1 Å². The third kappa shape index (κ3) is 1.89. The number of nitrogens with two attached hydrogens (primary N) is 1. The Labute approximate surface area is 94.0 Å². The lowest BCUT2D eigenvalue weighted by Gasteiger charge is -2.04. The number of hydrogen-bond acceptors (Lipinski definition) is 3. The van der Waals surface area contributed by atoms with Gasteiger partial charge >= 0.3 is 0 Å². The van der Waals surface area contributed by atoms with Gasteiger partial charge in [0.1, 0.15) is 12.4 Å². The molecule has 0 spiro atoms. The molecule has 86 valence electrons. The van der Waals surface area contributed by atoms with Crippen LogP contribution in [0.3, 0.4) is 0 Å². The minimum atomic E-state index is 0.0504. The Morgan fingerprint density at radius 1 is 1.44 bits per heavy atom. The Balaban J connectivity index is 2.39. The quantitative estimate of drug-likeness (QED) is 0.727. The number of aromatic nitrogens is 1. The van der Waals surface area contributed by atoms with Crippen LogP contribution in [-0.2, 0) is 6.61 Å². The minimum Gasteiger partial charge on any atom is -0.492 e. The van der Waals surface area contributed by atoms with Gasteiger partial charge in [-0.25, -0.2) is 0 Å². The average Bonchev–Trinajstić information content (AvgIpc) is 2.60. The lowest BCUT2D eigenvalue weighted by atomic mass is 10.1. The van der Waals surface area contributed by atoms with Crippen molar-refractivity contribution >= 4 is 10.9 Å². The van der Waals surface area contributed by atoms with Gasteiger partial charge in [0, 0.05) is 34.8 Å². The second-order valence-corrected chi connectivity index (χ2v) is 3.73. The SMILES string of the molecule is Cc1[nH]c2cc(OCCN)ccc2c1CO. The molecule has 0 fully saturated rings. The van der Waals surface area contributed by atoms with Crippen LogP contribution in [0.1, 0.15) is 11.3 Å². The molecule has 4 nitrogen and oxygen atoms in total. The lowest BCUT2D eigenvalue weighted by molar-refractivity contribution is 0.282. The summed E-state index contributed by atoms with van der Waals surface area (Å²) in [5, 5.41) is 10.3. The average molecular weight is 220 g/mol. The van der Waals surface area contributed by atoms with E-state index in [4.69, 9.17) is 10.5 Å². The summed E-state index contributed by atoms with van der Waals surface area (Å²) < 4.78 is 5.44. The van der Waals surface area contributed by atoms with Crippen LogP contribution in [0.5, 0.6) is 5.75 Å². The zero-order valence-corrected chi connectivity index (χ0v) is 9.29. The molecular formula is C12H16N2O2. The first-order chi connectivity index (χ1) is 7.76. The van der Waals surface area contributed by atoms with Crippen molar-refractivity contribution in [3.8, 4) is 5.75 Å². The smallest absolute Gasteiger partial charge is 0.121 e. The van der Waals surface area contributed by atoms with Crippen LogP contribution in [0.4, 0.5) is 0 Å². The van der Waals surface area contributed by atoms with Crippen LogP contribution in [0.25, 0.3) is 10.9 Å². The largest absolute Gasteiger partial charge is 0.492 e. The molecule has 0 radical (unpaired) electrons. The van der Waals surface area contributed by atoms with Crippen LogP contribution < -0.4 is 10.5 Å². The minimum absolute atomic E-state index is 0.0504. The highest BCUT2D eigenvalue weighted by Crippen LogP contribution is 2.25. The Hall–Kier alpha value is -1.52. The standard InChI is InChI=1S/C12H16N2O2/c1-8-11(7-15)10-3-2-9(16-5-4-13)6-12(10)14-8/h2-3,6,14-15H,4-5,7,13H2,1H3. The molecule has 16 heavy (non-hydrogen) atoms. The molecule has 2 rings (SSSR count). The molecule has 0 aliphatic rings. The summed E-state index contributed by atoms with van der Waals surface area (Å²) in [6, 6.07) is 5.78. The third-order valence-corrected chi connectivity index (χ3v) is 2.64. The predicted molar refractivity (Wildman–Crippen MR) is 63.5 cm³/mol. The van der Waals surface area contributed by atoms with Gasteiger partial charge in [0.25, 0.3) is 0 Å². The van der Waals surface area contributed by atoms with Crippen molar-refractivity contribution in [3.05, 3.63) is 29.5 Å². The Morgan fingerprint density at radius 2 is 2.25 bits per heavy atom. The molecule has 0 bridgehead atoms. The van der Waals surface area contributed by atoms with E-state index in [9.17, 15) is 5.11 Å². The normalized spacial score (nSPS) is 10.9. The van der Waals surface area contributed by atoms with Crippen molar-refractivity contribution < 1.29 is 9.84 Å². The predicted octanol–water partition coefficient (Wildman–Crippen LogP) is 1.31. The number of rotatable bonds is 4. The lowest BCUT2D eigenvalue weighted by Crippen LogP contribution is -2.10. The number of aliphatic hydroxyl groups excluding tert-OH is 1. The Bertz CT molecular complexity index is 491. The van der Waals surface area contributed by atoms with E-state index in [-0.39, 0.29) is 6.61 Å². The molecule has 0 atom stereocenters. The van der Waals surface area contributed by atoms with Gasteiger partial charge in [0.15, 0.2) is 0 Å². The molecule has 4 heteroatoms. The summed E-state index contributed by atoms with van der Waals surface area (Å²) in [5.41, 5.74) is 8.29. The van der Waals surface area contributed by atoms with Gasteiger partial charge < -0.3 is 20.6 Å². The van der Waals surface area contributed by atoms with Gasteiger partial charge in [-0.2, -0.15) is 0 Å². The highest BCUT2D eigenvalue weighted by molar-refractivity contribution is 5.85. The van der Waals surface area contributed by atoms with Crippen molar-refractivity contribution in [1.29, 1.82) is 0 Å². The molecule has 0 aliphatic carbocycles. The van der Waals surface area contributed by atoms with Gasteiger partial charge in [0.05, 0.1) is 6.61 Å². The monoisotopic (exact) mass is 220 g/mol. The zero-order valence-electron chi connectivity index (χ0n) is 9.29. The zero-order chi connectivity index (χ0) is 11.5. The number of aromatic amines is 1. The molecule has 1 aromatic heterocycles. The summed E-state index contributed by atoms with van der Waals surface area (Å²) in [6.45, 7) is 3.02. The van der Waals surface area contributed by atoms with Crippen molar-refractivity contribution in [3.63, 3.8) is 0 Å². The molecule has 0 aliphatic heterocycles. The van der Waals surface area contributed by atoms with E-state index >= 15 is 0 Å². The highest BCUT2D eigenvalue weighted by atomic mass is 16.5. The molecule has 0 unspecified atom stereocenters. The first kappa shape index (κ1) is 11.0. The molecule has 1 heterocycles. The summed E-state index contributed by atoms with van der Waals surface area (Å²) >= 11 is 0. The maximum Gasteiger partial charge on any atom is 0.121 e. The summed E-state index contributed by atoms with van der Waals surface area (Å²) in [4.78, 5) is 3.22. The van der Waals surface area contributed by atoms with Crippen molar-refractivity contribution in [1.82, 2.24) is 4.98 Å². The second-order valence-electron chi connectivity index (χ2n) is 3.73. The molecule has 1 aromatic carbocycles. The van der Waals surface area contributed by atoms with E-state index in [0.717, 1.165) is 27.9 Å². The van der Waals surface area contributed by atoms with Crippen LogP contribution in [0, 0.1) is 6.92 Å². The Morgan fingerprint density at radius 3 is 2.94 bits per heavy atom. The van der Waals surface area contributed by atoms with Crippen LogP contribution in [0.2, 0.25) is 0 Å². The van der Waals surface area contributed by atoms with E-state index in [2.05, 4.69) is 4.98 Å². The molecular weight excluding hydrogens is 204 g/mol. The van der Waals surface area contributed by atoms with Gasteiger partial charge in [0.2, 0.25) is 0 Å². The number of H-pyrrole nitrogens is 1. The number of benzene rings is 1. The molecule has 0 amide bonds. The fourth-order valence-corrected chi connectivity index (χ4v) is 1.84. The number of fused-ring (bicyclic) bond motifs is 1. The van der Waals surface area contributed by atoms with Crippen LogP contribution in [-0.4, -0.2) is 23.2 Å².